The van der Waals surface area contributed by atoms with Crippen LogP contribution < -0.4 is 0 Å². The molecule has 0 aliphatic rings. The summed E-state index contributed by atoms with van der Waals surface area (Å²) in [7, 11) is -3.61. The van der Waals surface area contributed by atoms with Crippen LogP contribution >= 0.6 is 7.37 Å². The van der Waals surface area contributed by atoms with E-state index in [4.69, 9.17) is 0 Å². The normalized spacial score (nSPS) is 16.6. The molecule has 3 N–H and O–H groups in total. The molecule has 0 saturated carbocycles. The number of para-hydroxylation sites is 1. The molecular weight excluding hydrogens is 397 g/mol. The van der Waals surface area contributed by atoms with Crippen LogP contribution in [0.2, 0.25) is 0 Å². The van der Waals surface area contributed by atoms with Crippen LogP contribution in [0.15, 0.2) is 60.8 Å². The summed E-state index contributed by atoms with van der Waals surface area (Å²) in [5.74, 6) is -1.82. The molecule has 160 valence electrons. The number of carboxylic acids is 1. The fraction of sp³-hybridized carbons (Fsp3) is 0.375. The van der Waals surface area contributed by atoms with Gasteiger partial charge in [-0.25, -0.2) is 0 Å². The summed E-state index contributed by atoms with van der Waals surface area (Å²) in [5.41, 5.74) is 2.20. The second kappa shape index (κ2) is 9.63. The third kappa shape index (κ3) is 5.03. The van der Waals surface area contributed by atoms with Crippen LogP contribution in [0.4, 0.5) is 0 Å². The SMILES string of the molecule is CCCC(C(CC(C)C(=O)O)c1c[nH]c2ccccc12)P(=O)(O)Cc1ccccc1. The van der Waals surface area contributed by atoms with E-state index in [9.17, 15) is 19.4 Å². The van der Waals surface area contributed by atoms with Gasteiger partial charge < -0.3 is 15.0 Å². The zero-order chi connectivity index (χ0) is 21.7. The maximum Gasteiger partial charge on any atom is 0.306 e. The van der Waals surface area contributed by atoms with Crippen molar-refractivity contribution in [1.29, 1.82) is 0 Å². The molecule has 4 unspecified atom stereocenters. The first-order valence-corrected chi connectivity index (χ1v) is 12.4. The number of aliphatic carboxylic acids is 1. The Kier molecular flexibility index (Phi) is 7.17. The molecule has 2 aromatic carbocycles. The molecule has 4 atom stereocenters. The second-order valence-electron chi connectivity index (χ2n) is 8.13. The van der Waals surface area contributed by atoms with Gasteiger partial charge in [0.05, 0.1) is 5.92 Å². The lowest BCUT2D eigenvalue weighted by molar-refractivity contribution is -0.141. The lowest BCUT2D eigenvalue weighted by Gasteiger charge is -2.32. The van der Waals surface area contributed by atoms with Crippen molar-refractivity contribution in [3.05, 3.63) is 71.9 Å². The topological polar surface area (TPSA) is 90.4 Å². The summed E-state index contributed by atoms with van der Waals surface area (Å²) in [6.45, 7) is 3.68. The third-order valence-corrected chi connectivity index (χ3v) is 8.34. The maximum absolute atomic E-state index is 13.7. The number of hydrogen-bond acceptors (Lipinski definition) is 2. The van der Waals surface area contributed by atoms with Crippen LogP contribution in [-0.2, 0) is 15.5 Å². The van der Waals surface area contributed by atoms with Crippen molar-refractivity contribution >= 4 is 24.2 Å². The third-order valence-electron chi connectivity index (χ3n) is 5.87. The van der Waals surface area contributed by atoms with Gasteiger partial charge in [-0.3, -0.25) is 9.36 Å². The number of fused-ring (bicyclic) bond motifs is 1. The highest BCUT2D eigenvalue weighted by molar-refractivity contribution is 7.58. The number of carbonyl (C=O) groups is 1. The molecular formula is C24H30NO4P. The fourth-order valence-electron chi connectivity index (χ4n) is 4.32. The zero-order valence-corrected chi connectivity index (χ0v) is 18.4. The Bertz CT molecular complexity index is 1030. The van der Waals surface area contributed by atoms with Gasteiger partial charge in [-0.05, 0) is 36.0 Å². The van der Waals surface area contributed by atoms with Crippen LogP contribution in [0.25, 0.3) is 10.9 Å². The molecule has 1 heterocycles. The minimum Gasteiger partial charge on any atom is -0.481 e. The number of aromatic nitrogens is 1. The minimum atomic E-state index is -3.61. The Morgan fingerprint density at radius 3 is 2.43 bits per heavy atom. The first kappa shape index (κ1) is 22.3. The summed E-state index contributed by atoms with van der Waals surface area (Å²) in [5, 5.41) is 10.5. The van der Waals surface area contributed by atoms with Crippen molar-refractivity contribution in [3.63, 3.8) is 0 Å². The standard InChI is InChI=1S/C24H30NO4P/c1-3-9-23(30(28,29)16-18-10-5-4-6-11-18)20(14-17(2)24(26)27)21-15-25-22-13-8-7-12-19(21)22/h4-8,10-13,15,17,20,23,25H,3,9,14,16H2,1-2H3,(H,26,27)(H,28,29). The van der Waals surface area contributed by atoms with Crippen molar-refractivity contribution in [2.75, 3.05) is 0 Å². The Balaban J connectivity index is 2.05. The van der Waals surface area contributed by atoms with Gasteiger partial charge in [-0.15, -0.1) is 0 Å². The number of hydrogen-bond donors (Lipinski definition) is 3. The summed E-state index contributed by atoms with van der Waals surface area (Å²) >= 11 is 0. The van der Waals surface area contributed by atoms with E-state index in [0.29, 0.717) is 12.8 Å². The van der Waals surface area contributed by atoms with E-state index in [-0.39, 0.29) is 12.1 Å². The number of benzene rings is 2. The molecule has 3 rings (SSSR count). The van der Waals surface area contributed by atoms with Gasteiger partial charge in [-0.2, -0.15) is 0 Å². The lowest BCUT2D eigenvalue weighted by atomic mass is 9.85. The van der Waals surface area contributed by atoms with Crippen molar-refractivity contribution < 1.29 is 19.4 Å². The molecule has 0 saturated heterocycles. The monoisotopic (exact) mass is 427 g/mol. The van der Waals surface area contributed by atoms with Gasteiger partial charge in [0.2, 0.25) is 7.37 Å². The van der Waals surface area contributed by atoms with Crippen molar-refractivity contribution in [2.24, 2.45) is 5.92 Å². The van der Waals surface area contributed by atoms with Crippen LogP contribution in [0.3, 0.4) is 0 Å². The first-order valence-electron chi connectivity index (χ1n) is 10.5. The summed E-state index contributed by atoms with van der Waals surface area (Å²) in [6.07, 6.45) is 3.62. The first-order chi connectivity index (χ1) is 14.3. The Morgan fingerprint density at radius 1 is 1.10 bits per heavy atom. The highest BCUT2D eigenvalue weighted by Gasteiger charge is 2.39. The van der Waals surface area contributed by atoms with Gasteiger partial charge in [-0.1, -0.05) is 68.8 Å². The van der Waals surface area contributed by atoms with E-state index in [2.05, 4.69) is 4.98 Å². The van der Waals surface area contributed by atoms with Crippen LogP contribution in [0.1, 0.15) is 50.2 Å². The number of carboxylic acid groups (broad SMARTS) is 1. The van der Waals surface area contributed by atoms with Crippen LogP contribution in [0, 0.1) is 5.92 Å². The molecule has 6 heteroatoms. The number of H-pyrrole nitrogens is 1. The van der Waals surface area contributed by atoms with Crippen molar-refractivity contribution in [3.8, 4) is 0 Å². The number of rotatable bonds is 10. The van der Waals surface area contributed by atoms with Gasteiger partial charge >= 0.3 is 5.97 Å². The molecule has 0 fully saturated rings. The molecule has 0 aliphatic heterocycles. The minimum absolute atomic E-state index is 0.0960. The predicted molar refractivity (Wildman–Crippen MR) is 121 cm³/mol. The maximum atomic E-state index is 13.7. The van der Waals surface area contributed by atoms with Crippen molar-refractivity contribution in [2.45, 2.75) is 50.8 Å². The molecule has 3 aromatic rings. The second-order valence-corrected chi connectivity index (χ2v) is 10.6. The predicted octanol–water partition coefficient (Wildman–Crippen LogP) is 6.00. The number of nitrogens with one attached hydrogen (secondary N) is 1. The molecule has 1 aromatic heterocycles. The fourth-order valence-corrected chi connectivity index (χ4v) is 6.79. The van der Waals surface area contributed by atoms with Gasteiger partial charge in [0.15, 0.2) is 0 Å². The van der Waals surface area contributed by atoms with E-state index in [1.807, 2.05) is 67.7 Å². The molecule has 5 nitrogen and oxygen atoms in total. The summed E-state index contributed by atoms with van der Waals surface area (Å²) < 4.78 is 13.7. The summed E-state index contributed by atoms with van der Waals surface area (Å²) in [4.78, 5) is 26.1. The summed E-state index contributed by atoms with van der Waals surface area (Å²) in [6, 6.07) is 17.2. The van der Waals surface area contributed by atoms with Gasteiger partial charge in [0.1, 0.15) is 0 Å². The largest absolute Gasteiger partial charge is 0.481 e. The van der Waals surface area contributed by atoms with Gasteiger partial charge in [0.25, 0.3) is 0 Å². The average molecular weight is 427 g/mol. The Labute approximate surface area is 177 Å². The lowest BCUT2D eigenvalue weighted by Crippen LogP contribution is -2.24. The molecule has 0 aliphatic carbocycles. The zero-order valence-electron chi connectivity index (χ0n) is 17.5. The van der Waals surface area contributed by atoms with E-state index >= 15 is 0 Å². The van der Waals surface area contributed by atoms with E-state index in [0.717, 1.165) is 28.5 Å². The Hall–Kier alpha value is -2.36. The molecule has 30 heavy (non-hydrogen) atoms. The molecule has 0 radical (unpaired) electrons. The highest BCUT2D eigenvalue weighted by Crippen LogP contribution is 2.57. The molecule has 0 bridgehead atoms. The number of aromatic amines is 1. The van der Waals surface area contributed by atoms with E-state index < -0.39 is 24.9 Å². The van der Waals surface area contributed by atoms with Crippen LogP contribution in [-0.4, -0.2) is 26.6 Å². The average Bonchev–Trinajstić information content (AvgIpc) is 3.14. The van der Waals surface area contributed by atoms with Gasteiger partial charge in [0, 0.05) is 28.9 Å². The van der Waals surface area contributed by atoms with Crippen molar-refractivity contribution in [1.82, 2.24) is 4.98 Å². The van der Waals surface area contributed by atoms with E-state index in [1.165, 1.54) is 0 Å². The van der Waals surface area contributed by atoms with Crippen LogP contribution in [0.5, 0.6) is 0 Å². The molecule has 0 spiro atoms. The quantitative estimate of drug-likeness (QED) is 0.346. The highest BCUT2D eigenvalue weighted by atomic mass is 31.2. The Morgan fingerprint density at radius 2 is 1.77 bits per heavy atom. The molecule has 0 amide bonds. The smallest absolute Gasteiger partial charge is 0.306 e. The van der Waals surface area contributed by atoms with E-state index in [1.54, 1.807) is 6.92 Å².